The Bertz CT molecular complexity index is 1400. The first-order valence-electron chi connectivity index (χ1n) is 10.1. The Hall–Kier alpha value is -4.91. The Kier molecular flexibility index (Phi) is 5.27. The number of hydrazine groups is 1. The van der Waals surface area contributed by atoms with Crippen LogP contribution in [0.25, 0.3) is 5.65 Å². The average Bonchev–Trinajstić information content (AvgIpc) is 3.31. The number of benzene rings is 1. The molecule has 0 fully saturated rings. The molecule has 1 aliphatic heterocycles. The standard InChI is InChI=1S/C21H19N9O4/c22-13-2-1-6-24-20(13)30(23)34-19-9-15(27-17-5-7-26-29(17)19)21(32)25-10-12-3-4-16-14(8-12)28-18(31)11-33-16/h1-9H,10-11,22-23H2,(H,25,32)(H,28,31). The van der Waals surface area contributed by atoms with E-state index in [1.54, 1.807) is 36.4 Å². The van der Waals surface area contributed by atoms with Crippen molar-refractivity contribution in [3.63, 3.8) is 0 Å². The van der Waals surface area contributed by atoms with E-state index in [1.807, 2.05) is 0 Å². The lowest BCUT2D eigenvalue weighted by atomic mass is 10.1. The minimum atomic E-state index is -0.451. The highest BCUT2D eigenvalue weighted by atomic mass is 16.7. The summed E-state index contributed by atoms with van der Waals surface area (Å²) >= 11 is 0. The number of nitrogen functional groups attached to an aromatic ring is 1. The zero-order valence-electron chi connectivity index (χ0n) is 17.6. The van der Waals surface area contributed by atoms with Crippen LogP contribution >= 0.6 is 0 Å². The molecule has 1 aliphatic rings. The molecule has 0 spiro atoms. The van der Waals surface area contributed by atoms with E-state index in [2.05, 4.69) is 25.7 Å². The Morgan fingerprint density at radius 3 is 3.00 bits per heavy atom. The number of rotatable bonds is 6. The molecule has 4 heterocycles. The molecule has 0 bridgehead atoms. The van der Waals surface area contributed by atoms with Crippen molar-refractivity contribution in [2.75, 3.05) is 22.8 Å². The van der Waals surface area contributed by atoms with Gasteiger partial charge in [-0.1, -0.05) is 6.07 Å². The number of fused-ring (bicyclic) bond motifs is 2. The van der Waals surface area contributed by atoms with Gasteiger partial charge in [-0.2, -0.15) is 9.61 Å². The summed E-state index contributed by atoms with van der Waals surface area (Å²) in [6, 6.07) is 11.6. The van der Waals surface area contributed by atoms with Gasteiger partial charge >= 0.3 is 0 Å². The monoisotopic (exact) mass is 461 g/mol. The summed E-state index contributed by atoms with van der Waals surface area (Å²) < 4.78 is 6.72. The highest BCUT2D eigenvalue weighted by molar-refractivity contribution is 5.95. The molecule has 3 aromatic heterocycles. The number of hydrogen-bond donors (Lipinski definition) is 4. The summed E-state index contributed by atoms with van der Waals surface area (Å²) in [5.74, 6) is 6.18. The summed E-state index contributed by atoms with van der Waals surface area (Å²) in [6.45, 7) is 0.168. The predicted octanol–water partition coefficient (Wildman–Crippen LogP) is 0.641. The summed E-state index contributed by atoms with van der Waals surface area (Å²) in [6.07, 6.45) is 3.03. The van der Waals surface area contributed by atoms with Gasteiger partial charge in [0.2, 0.25) is 5.82 Å². The molecule has 0 atom stereocenters. The normalized spacial score (nSPS) is 12.4. The van der Waals surface area contributed by atoms with Gasteiger partial charge in [0.05, 0.1) is 17.6 Å². The minimum absolute atomic E-state index is 0.0244. The molecule has 0 saturated heterocycles. The van der Waals surface area contributed by atoms with E-state index in [1.165, 1.54) is 23.0 Å². The average molecular weight is 461 g/mol. The highest BCUT2D eigenvalue weighted by Gasteiger charge is 2.19. The van der Waals surface area contributed by atoms with Crippen molar-refractivity contribution in [1.29, 1.82) is 0 Å². The third-order valence-electron chi connectivity index (χ3n) is 4.91. The number of amides is 2. The molecule has 0 unspecified atom stereocenters. The molecule has 6 N–H and O–H groups in total. The summed E-state index contributed by atoms with van der Waals surface area (Å²) in [5, 5.41) is 10.6. The van der Waals surface area contributed by atoms with Crippen molar-refractivity contribution in [2.45, 2.75) is 6.54 Å². The molecule has 0 saturated carbocycles. The molecular formula is C21H19N9O4. The Morgan fingerprint density at radius 2 is 2.15 bits per heavy atom. The first-order valence-corrected chi connectivity index (χ1v) is 10.1. The highest BCUT2D eigenvalue weighted by Crippen LogP contribution is 2.28. The first-order chi connectivity index (χ1) is 16.5. The van der Waals surface area contributed by atoms with Crippen LogP contribution in [-0.4, -0.2) is 38.0 Å². The van der Waals surface area contributed by atoms with Gasteiger partial charge in [0.15, 0.2) is 12.3 Å². The third-order valence-corrected chi connectivity index (χ3v) is 4.91. The second-order valence-corrected chi connectivity index (χ2v) is 7.26. The number of aromatic nitrogens is 4. The van der Waals surface area contributed by atoms with Crippen LogP contribution in [0, 0.1) is 0 Å². The zero-order chi connectivity index (χ0) is 23.7. The number of ether oxygens (including phenoxy) is 1. The van der Waals surface area contributed by atoms with E-state index < -0.39 is 5.91 Å². The smallest absolute Gasteiger partial charge is 0.270 e. The van der Waals surface area contributed by atoms with Crippen molar-refractivity contribution >= 4 is 34.7 Å². The van der Waals surface area contributed by atoms with Gasteiger partial charge in [0, 0.05) is 24.9 Å². The molecule has 1 aromatic carbocycles. The maximum Gasteiger partial charge on any atom is 0.270 e. The number of pyridine rings is 1. The van der Waals surface area contributed by atoms with Gasteiger partial charge in [0.25, 0.3) is 17.7 Å². The van der Waals surface area contributed by atoms with E-state index in [-0.39, 0.29) is 36.5 Å². The lowest BCUT2D eigenvalue weighted by Crippen LogP contribution is -2.36. The third kappa shape index (κ3) is 4.10. The van der Waals surface area contributed by atoms with Gasteiger partial charge in [-0.05, 0) is 29.8 Å². The molecule has 13 nitrogen and oxygen atoms in total. The molecule has 172 valence electrons. The number of carbonyl (C=O) groups excluding carboxylic acids is 2. The Morgan fingerprint density at radius 1 is 1.26 bits per heavy atom. The molecule has 4 aromatic rings. The van der Waals surface area contributed by atoms with Crippen molar-refractivity contribution in [2.24, 2.45) is 5.84 Å². The van der Waals surface area contributed by atoms with Crippen molar-refractivity contribution in [3.05, 3.63) is 66.1 Å². The van der Waals surface area contributed by atoms with Crippen LogP contribution in [0.15, 0.2) is 54.9 Å². The fraction of sp³-hybridized carbons (Fsp3) is 0.0952. The van der Waals surface area contributed by atoms with Crippen molar-refractivity contribution in [1.82, 2.24) is 24.9 Å². The second-order valence-electron chi connectivity index (χ2n) is 7.26. The SMILES string of the molecule is Nc1cccnc1N(N)Oc1cc(C(=O)NCc2ccc3c(c2)NC(=O)CO3)nc2ccnn12. The minimum Gasteiger partial charge on any atom is -0.482 e. The van der Waals surface area contributed by atoms with Crippen LogP contribution < -0.4 is 37.0 Å². The molecular weight excluding hydrogens is 442 g/mol. The van der Waals surface area contributed by atoms with E-state index in [0.717, 1.165) is 10.7 Å². The molecule has 0 aliphatic carbocycles. The molecule has 2 amide bonds. The van der Waals surface area contributed by atoms with Gasteiger partial charge in [-0.3, -0.25) is 9.59 Å². The maximum atomic E-state index is 12.9. The number of anilines is 3. The number of hydrogen-bond acceptors (Lipinski definition) is 10. The number of nitrogens with two attached hydrogens (primary N) is 2. The molecule has 5 rings (SSSR count). The second kappa shape index (κ2) is 8.55. The Balaban J connectivity index is 1.35. The van der Waals surface area contributed by atoms with Crippen molar-refractivity contribution in [3.8, 4) is 11.6 Å². The van der Waals surface area contributed by atoms with Gasteiger partial charge in [-0.15, -0.1) is 5.17 Å². The summed E-state index contributed by atoms with van der Waals surface area (Å²) in [5.41, 5.74) is 7.97. The molecule has 0 radical (unpaired) electrons. The van der Waals surface area contributed by atoms with Gasteiger partial charge in [-0.25, -0.2) is 15.8 Å². The number of nitrogens with zero attached hydrogens (tertiary/aromatic N) is 5. The molecule has 13 heteroatoms. The fourth-order valence-electron chi connectivity index (χ4n) is 3.32. The van der Waals surface area contributed by atoms with Crippen LogP contribution in [0.2, 0.25) is 0 Å². The summed E-state index contributed by atoms with van der Waals surface area (Å²) in [7, 11) is 0. The maximum absolute atomic E-state index is 12.9. The van der Waals surface area contributed by atoms with E-state index in [9.17, 15) is 9.59 Å². The predicted molar refractivity (Wildman–Crippen MR) is 121 cm³/mol. The fourth-order valence-corrected chi connectivity index (χ4v) is 3.32. The van der Waals surface area contributed by atoms with Crippen LogP contribution in [0.3, 0.4) is 0 Å². The van der Waals surface area contributed by atoms with Gasteiger partial charge < -0.3 is 25.9 Å². The van der Waals surface area contributed by atoms with Gasteiger partial charge in [0.1, 0.15) is 11.4 Å². The van der Waals surface area contributed by atoms with Crippen LogP contribution in [-0.2, 0) is 11.3 Å². The zero-order valence-corrected chi connectivity index (χ0v) is 17.6. The van der Waals surface area contributed by atoms with E-state index >= 15 is 0 Å². The van der Waals surface area contributed by atoms with E-state index in [4.69, 9.17) is 21.2 Å². The lowest BCUT2D eigenvalue weighted by Gasteiger charge is -2.19. The number of carbonyl (C=O) groups is 2. The van der Waals surface area contributed by atoms with Crippen LogP contribution in [0.4, 0.5) is 17.2 Å². The quantitative estimate of drug-likeness (QED) is 0.235. The van der Waals surface area contributed by atoms with Crippen LogP contribution in [0.5, 0.6) is 11.6 Å². The van der Waals surface area contributed by atoms with Crippen molar-refractivity contribution < 1.29 is 19.2 Å². The molecule has 34 heavy (non-hydrogen) atoms. The first kappa shape index (κ1) is 21.0. The Labute approximate surface area is 192 Å². The summed E-state index contributed by atoms with van der Waals surface area (Å²) in [4.78, 5) is 38.5. The van der Waals surface area contributed by atoms with E-state index in [0.29, 0.717) is 22.8 Å². The number of nitrogens with one attached hydrogen (secondary N) is 2. The lowest BCUT2D eigenvalue weighted by molar-refractivity contribution is -0.118. The largest absolute Gasteiger partial charge is 0.482 e. The van der Waals surface area contributed by atoms with Crippen LogP contribution in [0.1, 0.15) is 16.1 Å². The topological polar surface area (TPSA) is 175 Å².